The lowest BCUT2D eigenvalue weighted by Gasteiger charge is -2.10. The number of rotatable bonds is 6. The van der Waals surface area contributed by atoms with Crippen molar-refractivity contribution < 1.29 is 23.4 Å². The van der Waals surface area contributed by atoms with Crippen LogP contribution in [0.5, 0.6) is 17.2 Å². The van der Waals surface area contributed by atoms with Gasteiger partial charge in [0.1, 0.15) is 17.3 Å². The molecule has 1 amide bonds. The summed E-state index contributed by atoms with van der Waals surface area (Å²) >= 11 is 0. The summed E-state index contributed by atoms with van der Waals surface area (Å²) in [5.41, 5.74) is 1.20. The van der Waals surface area contributed by atoms with E-state index in [2.05, 4.69) is 5.32 Å². The van der Waals surface area contributed by atoms with Crippen LogP contribution in [0, 0.1) is 0 Å². The van der Waals surface area contributed by atoms with E-state index in [1.165, 1.54) is 13.2 Å². The van der Waals surface area contributed by atoms with Crippen molar-refractivity contribution in [1.29, 1.82) is 0 Å². The number of hydrogen-bond acceptors (Lipinski definition) is 5. The Kier molecular flexibility index (Phi) is 5.12. The summed E-state index contributed by atoms with van der Waals surface area (Å²) < 4.78 is 21.4. The van der Waals surface area contributed by atoms with E-state index in [1.807, 2.05) is 24.3 Å². The number of para-hydroxylation sites is 1. The number of carbonyl (C=O) groups is 1. The maximum atomic E-state index is 12.2. The minimum Gasteiger partial charge on any atom is -0.497 e. The molecule has 0 aliphatic rings. The highest BCUT2D eigenvalue weighted by Gasteiger charge is 2.09. The lowest BCUT2D eigenvalue weighted by molar-refractivity contribution is -0.111. The van der Waals surface area contributed by atoms with Crippen molar-refractivity contribution in [3.8, 4) is 17.2 Å². The lowest BCUT2D eigenvalue weighted by Crippen LogP contribution is -2.08. The van der Waals surface area contributed by atoms with Gasteiger partial charge in [0.2, 0.25) is 5.91 Å². The zero-order valence-corrected chi connectivity index (χ0v) is 14.7. The fourth-order valence-electron chi connectivity index (χ4n) is 2.53. The summed E-state index contributed by atoms with van der Waals surface area (Å²) in [6.07, 6.45) is 3.00. The Bertz CT molecular complexity index is 958. The summed E-state index contributed by atoms with van der Waals surface area (Å²) in [6.45, 7) is 0. The molecule has 1 heterocycles. The number of furan rings is 1. The van der Waals surface area contributed by atoms with Gasteiger partial charge in [-0.1, -0.05) is 12.1 Å². The third-order valence-electron chi connectivity index (χ3n) is 3.81. The Hall–Kier alpha value is -3.41. The molecular weight excluding hydrogens is 334 g/mol. The van der Waals surface area contributed by atoms with Crippen molar-refractivity contribution in [2.75, 3.05) is 26.6 Å². The Morgan fingerprint density at radius 1 is 1.00 bits per heavy atom. The van der Waals surface area contributed by atoms with Crippen molar-refractivity contribution in [3.63, 3.8) is 0 Å². The number of anilines is 1. The molecule has 0 atom stereocenters. The molecule has 6 heteroatoms. The van der Waals surface area contributed by atoms with Crippen LogP contribution < -0.4 is 19.5 Å². The molecule has 1 N–H and O–H groups in total. The number of methoxy groups -OCH3 is 3. The van der Waals surface area contributed by atoms with Crippen LogP contribution in [0.4, 0.5) is 5.69 Å². The SMILES string of the molecule is COc1ccc(NC(=O)C=Cc2cc3cccc(OC)c3o2)c(OC)c1. The standard InChI is InChI=1S/C20H19NO5/c1-23-14-7-9-16(18(12-14)25-3)21-19(22)10-8-15-11-13-5-4-6-17(24-2)20(13)26-15/h4-12H,1-3H3,(H,21,22). The second-order valence-electron chi connectivity index (χ2n) is 5.42. The number of fused-ring (bicyclic) bond motifs is 1. The van der Waals surface area contributed by atoms with Crippen LogP contribution in [0.3, 0.4) is 0 Å². The molecule has 2 aromatic carbocycles. The maximum Gasteiger partial charge on any atom is 0.248 e. The van der Waals surface area contributed by atoms with E-state index in [1.54, 1.807) is 38.5 Å². The molecule has 1 aromatic heterocycles. The first kappa shape index (κ1) is 17.4. The number of carbonyl (C=O) groups excluding carboxylic acids is 1. The smallest absolute Gasteiger partial charge is 0.248 e. The van der Waals surface area contributed by atoms with E-state index in [9.17, 15) is 4.79 Å². The van der Waals surface area contributed by atoms with Crippen molar-refractivity contribution in [3.05, 3.63) is 54.3 Å². The normalized spacial score (nSPS) is 10.9. The van der Waals surface area contributed by atoms with E-state index in [0.29, 0.717) is 34.3 Å². The molecule has 26 heavy (non-hydrogen) atoms. The van der Waals surface area contributed by atoms with Crippen molar-refractivity contribution in [2.45, 2.75) is 0 Å². The van der Waals surface area contributed by atoms with Crippen molar-refractivity contribution in [1.82, 2.24) is 0 Å². The molecule has 3 aromatic rings. The summed E-state index contributed by atoms with van der Waals surface area (Å²) in [4.78, 5) is 12.2. The van der Waals surface area contributed by atoms with E-state index < -0.39 is 0 Å². The number of ether oxygens (including phenoxy) is 3. The van der Waals surface area contributed by atoms with Gasteiger partial charge in [0.05, 0.1) is 27.0 Å². The summed E-state index contributed by atoms with van der Waals surface area (Å²) in [6, 6.07) is 12.6. The molecular formula is C20H19NO5. The molecule has 0 aliphatic heterocycles. The van der Waals surface area contributed by atoms with Gasteiger partial charge in [-0.05, 0) is 30.3 Å². The molecule has 0 radical (unpaired) electrons. The van der Waals surface area contributed by atoms with E-state index in [0.717, 1.165) is 5.39 Å². The predicted molar refractivity (Wildman–Crippen MR) is 100.0 cm³/mol. The first-order valence-corrected chi connectivity index (χ1v) is 7.92. The second kappa shape index (κ2) is 7.65. The highest BCUT2D eigenvalue weighted by atomic mass is 16.5. The van der Waals surface area contributed by atoms with Gasteiger partial charge in [-0.25, -0.2) is 0 Å². The molecule has 0 fully saturated rings. The number of hydrogen-bond donors (Lipinski definition) is 1. The largest absolute Gasteiger partial charge is 0.497 e. The summed E-state index contributed by atoms with van der Waals surface area (Å²) in [5, 5.41) is 3.67. The van der Waals surface area contributed by atoms with E-state index >= 15 is 0 Å². The van der Waals surface area contributed by atoms with Crippen LogP contribution in [0.2, 0.25) is 0 Å². The van der Waals surface area contributed by atoms with Gasteiger partial charge in [0, 0.05) is 17.5 Å². The van der Waals surface area contributed by atoms with Gasteiger partial charge < -0.3 is 23.9 Å². The average molecular weight is 353 g/mol. The van der Waals surface area contributed by atoms with Crippen molar-refractivity contribution in [2.24, 2.45) is 0 Å². The third kappa shape index (κ3) is 3.64. The molecule has 0 saturated carbocycles. The third-order valence-corrected chi connectivity index (χ3v) is 3.81. The molecule has 3 rings (SSSR count). The fraction of sp³-hybridized carbons (Fsp3) is 0.150. The Morgan fingerprint density at radius 3 is 2.54 bits per heavy atom. The van der Waals surface area contributed by atoms with E-state index in [-0.39, 0.29) is 5.91 Å². The van der Waals surface area contributed by atoms with Crippen molar-refractivity contribution >= 4 is 28.6 Å². The summed E-state index contributed by atoms with van der Waals surface area (Å²) in [5.74, 6) is 2.06. The first-order chi connectivity index (χ1) is 12.6. The Labute approximate surface area is 151 Å². The van der Waals surface area contributed by atoms with Gasteiger partial charge in [-0.15, -0.1) is 0 Å². The number of benzene rings is 2. The molecule has 0 bridgehead atoms. The number of amides is 1. The van der Waals surface area contributed by atoms with Crippen LogP contribution in [0.1, 0.15) is 5.76 Å². The second-order valence-corrected chi connectivity index (χ2v) is 5.42. The van der Waals surface area contributed by atoms with Gasteiger partial charge in [0.15, 0.2) is 11.3 Å². The monoisotopic (exact) mass is 353 g/mol. The molecule has 0 spiro atoms. The summed E-state index contributed by atoms with van der Waals surface area (Å²) in [7, 11) is 4.68. The maximum absolute atomic E-state index is 12.2. The number of nitrogens with one attached hydrogen (secondary N) is 1. The fourth-order valence-corrected chi connectivity index (χ4v) is 2.53. The zero-order chi connectivity index (χ0) is 18.5. The average Bonchev–Trinajstić information content (AvgIpc) is 3.09. The quantitative estimate of drug-likeness (QED) is 0.675. The minimum absolute atomic E-state index is 0.305. The highest BCUT2D eigenvalue weighted by molar-refractivity contribution is 6.03. The van der Waals surface area contributed by atoms with Gasteiger partial charge >= 0.3 is 0 Å². The molecule has 0 unspecified atom stereocenters. The molecule has 6 nitrogen and oxygen atoms in total. The topological polar surface area (TPSA) is 69.9 Å². The Morgan fingerprint density at radius 2 is 1.81 bits per heavy atom. The van der Waals surface area contributed by atoms with Crippen LogP contribution in [-0.4, -0.2) is 27.2 Å². The van der Waals surface area contributed by atoms with Crippen LogP contribution in [0.15, 0.2) is 53.0 Å². The minimum atomic E-state index is -0.305. The molecule has 134 valence electrons. The van der Waals surface area contributed by atoms with Gasteiger partial charge in [-0.3, -0.25) is 4.79 Å². The van der Waals surface area contributed by atoms with Crippen LogP contribution >= 0.6 is 0 Å². The van der Waals surface area contributed by atoms with Crippen LogP contribution in [0.25, 0.3) is 17.0 Å². The first-order valence-electron chi connectivity index (χ1n) is 7.92. The van der Waals surface area contributed by atoms with Gasteiger partial charge in [0.25, 0.3) is 0 Å². The molecule has 0 saturated heterocycles. The Balaban J connectivity index is 1.76. The zero-order valence-electron chi connectivity index (χ0n) is 14.7. The molecule has 0 aliphatic carbocycles. The van der Waals surface area contributed by atoms with E-state index in [4.69, 9.17) is 18.6 Å². The van der Waals surface area contributed by atoms with Gasteiger partial charge in [-0.2, -0.15) is 0 Å². The predicted octanol–water partition coefficient (Wildman–Crippen LogP) is 4.11. The highest BCUT2D eigenvalue weighted by Crippen LogP contribution is 2.30. The lowest BCUT2D eigenvalue weighted by atomic mass is 10.2. The van der Waals surface area contributed by atoms with Crippen LogP contribution in [-0.2, 0) is 4.79 Å².